The summed E-state index contributed by atoms with van der Waals surface area (Å²) in [7, 11) is 0. The summed E-state index contributed by atoms with van der Waals surface area (Å²) in [6.45, 7) is 2.17. The van der Waals surface area contributed by atoms with Crippen molar-refractivity contribution in [3.63, 3.8) is 0 Å². The summed E-state index contributed by atoms with van der Waals surface area (Å²) in [5.74, 6) is -0.458. The van der Waals surface area contributed by atoms with Crippen molar-refractivity contribution in [2.45, 2.75) is 19.8 Å². The van der Waals surface area contributed by atoms with Crippen molar-refractivity contribution in [1.82, 2.24) is 15.1 Å². The van der Waals surface area contributed by atoms with Crippen LogP contribution in [0.15, 0.2) is 29.2 Å². The topological polar surface area (TPSA) is 75.2 Å². The van der Waals surface area contributed by atoms with Gasteiger partial charge in [0.1, 0.15) is 9.33 Å². The highest BCUT2D eigenvalue weighted by atomic mass is 35.5. The SMILES string of the molecule is CCc1nnc(NC(=O)CCN2C(=O)/C(=C\c3ccccc3Cl)SC2=S)s1. The lowest BCUT2D eigenvalue weighted by molar-refractivity contribution is -0.122. The molecular weight excluding hydrogens is 424 g/mol. The van der Waals surface area contributed by atoms with E-state index < -0.39 is 0 Å². The molecule has 0 radical (unpaired) electrons. The van der Waals surface area contributed by atoms with Gasteiger partial charge in [-0.2, -0.15) is 0 Å². The van der Waals surface area contributed by atoms with Crippen molar-refractivity contribution in [3.8, 4) is 0 Å². The minimum Gasteiger partial charge on any atom is -0.300 e. The fourth-order valence-electron chi connectivity index (χ4n) is 2.27. The number of thioether (sulfide) groups is 1. The lowest BCUT2D eigenvalue weighted by Crippen LogP contribution is -2.31. The average molecular weight is 439 g/mol. The van der Waals surface area contributed by atoms with Crippen molar-refractivity contribution >= 4 is 74.3 Å². The number of halogens is 1. The van der Waals surface area contributed by atoms with Crippen LogP contribution < -0.4 is 5.32 Å². The monoisotopic (exact) mass is 438 g/mol. The summed E-state index contributed by atoms with van der Waals surface area (Å²) < 4.78 is 0.426. The fraction of sp³-hybridized carbons (Fsp3) is 0.235. The first-order chi connectivity index (χ1) is 13.0. The van der Waals surface area contributed by atoms with Crippen LogP contribution in [-0.2, 0) is 16.0 Å². The molecule has 2 heterocycles. The first kappa shape index (κ1) is 19.9. The molecule has 2 aromatic rings. The second-order valence-electron chi connectivity index (χ2n) is 5.51. The van der Waals surface area contributed by atoms with Gasteiger partial charge in [0.05, 0.1) is 4.91 Å². The molecule has 140 valence electrons. The van der Waals surface area contributed by atoms with Crippen LogP contribution in [-0.4, -0.2) is 37.8 Å². The molecule has 1 aromatic carbocycles. The molecule has 6 nitrogen and oxygen atoms in total. The minimum absolute atomic E-state index is 0.118. The molecular formula is C17H15ClN4O2S3. The van der Waals surface area contributed by atoms with E-state index >= 15 is 0 Å². The second kappa shape index (κ2) is 8.92. The van der Waals surface area contributed by atoms with Crippen LogP contribution in [0.2, 0.25) is 5.02 Å². The maximum atomic E-state index is 12.6. The molecule has 1 aliphatic rings. The third-order valence-electron chi connectivity index (χ3n) is 3.64. The zero-order valence-corrected chi connectivity index (χ0v) is 17.5. The van der Waals surface area contributed by atoms with E-state index in [1.807, 2.05) is 25.1 Å². The molecule has 1 N–H and O–H groups in total. The van der Waals surface area contributed by atoms with Crippen molar-refractivity contribution < 1.29 is 9.59 Å². The zero-order valence-electron chi connectivity index (χ0n) is 14.3. The van der Waals surface area contributed by atoms with Gasteiger partial charge < -0.3 is 5.32 Å². The number of hydrogen-bond donors (Lipinski definition) is 1. The van der Waals surface area contributed by atoms with Crippen LogP contribution in [0, 0.1) is 0 Å². The van der Waals surface area contributed by atoms with E-state index in [9.17, 15) is 9.59 Å². The smallest absolute Gasteiger partial charge is 0.266 e. The highest BCUT2D eigenvalue weighted by molar-refractivity contribution is 8.26. The van der Waals surface area contributed by atoms with Crippen molar-refractivity contribution in [1.29, 1.82) is 0 Å². The summed E-state index contributed by atoms with van der Waals surface area (Å²) in [5.41, 5.74) is 0.750. The Bertz CT molecular complexity index is 928. The van der Waals surface area contributed by atoms with Crippen molar-refractivity contribution in [3.05, 3.63) is 44.8 Å². The Morgan fingerprint density at radius 1 is 1.37 bits per heavy atom. The molecule has 0 aliphatic carbocycles. The Hall–Kier alpha value is -1.81. The minimum atomic E-state index is -0.238. The third kappa shape index (κ3) is 4.92. The lowest BCUT2D eigenvalue weighted by Gasteiger charge is -2.13. The Labute approximate surface area is 175 Å². The molecule has 0 saturated carbocycles. The molecule has 3 rings (SSSR count). The average Bonchev–Trinajstić information content (AvgIpc) is 3.20. The Balaban J connectivity index is 1.60. The maximum Gasteiger partial charge on any atom is 0.266 e. The predicted molar refractivity (Wildman–Crippen MR) is 114 cm³/mol. The largest absolute Gasteiger partial charge is 0.300 e. The van der Waals surface area contributed by atoms with Gasteiger partial charge in [0.15, 0.2) is 0 Å². The number of hydrogen-bond acceptors (Lipinski definition) is 7. The number of carbonyl (C=O) groups is 2. The van der Waals surface area contributed by atoms with Crippen LogP contribution in [0.3, 0.4) is 0 Å². The number of rotatable bonds is 6. The molecule has 0 spiro atoms. The van der Waals surface area contributed by atoms with Gasteiger partial charge in [-0.25, -0.2) is 0 Å². The van der Waals surface area contributed by atoms with Crippen LogP contribution >= 0.6 is 46.9 Å². The quantitative estimate of drug-likeness (QED) is 0.543. The fourth-order valence-corrected chi connectivity index (χ4v) is 4.45. The zero-order chi connectivity index (χ0) is 19.4. The lowest BCUT2D eigenvalue weighted by atomic mass is 10.2. The highest BCUT2D eigenvalue weighted by Crippen LogP contribution is 2.33. The molecule has 2 amide bonds. The van der Waals surface area contributed by atoms with Crippen LogP contribution in [0.1, 0.15) is 23.9 Å². The molecule has 1 saturated heterocycles. The predicted octanol–water partition coefficient (Wildman–Crippen LogP) is 3.98. The summed E-state index contributed by atoms with van der Waals surface area (Å²) in [5, 5.41) is 12.4. The van der Waals surface area contributed by atoms with Crippen LogP contribution in [0.25, 0.3) is 6.08 Å². The Morgan fingerprint density at radius 2 is 2.15 bits per heavy atom. The Kier molecular flexibility index (Phi) is 6.59. The van der Waals surface area contributed by atoms with Gasteiger partial charge in [0.2, 0.25) is 11.0 Å². The molecule has 0 unspecified atom stereocenters. The first-order valence-corrected chi connectivity index (χ1v) is 10.5. The molecule has 10 heteroatoms. The number of aryl methyl sites for hydroxylation is 1. The third-order valence-corrected chi connectivity index (χ3v) is 6.35. The van der Waals surface area contributed by atoms with Crippen molar-refractivity contribution in [2.75, 3.05) is 11.9 Å². The number of amides is 2. The van der Waals surface area contributed by atoms with Gasteiger partial charge in [0, 0.05) is 18.0 Å². The number of nitrogens with zero attached hydrogens (tertiary/aromatic N) is 3. The van der Waals surface area contributed by atoms with E-state index in [2.05, 4.69) is 15.5 Å². The summed E-state index contributed by atoms with van der Waals surface area (Å²) in [6.07, 6.45) is 2.60. The molecule has 27 heavy (non-hydrogen) atoms. The molecule has 1 fully saturated rings. The van der Waals surface area contributed by atoms with E-state index in [1.54, 1.807) is 12.1 Å². The van der Waals surface area contributed by atoms with E-state index in [1.165, 1.54) is 28.0 Å². The van der Waals surface area contributed by atoms with Gasteiger partial charge in [-0.05, 0) is 24.1 Å². The number of benzene rings is 1. The van der Waals surface area contributed by atoms with Gasteiger partial charge in [-0.3, -0.25) is 14.5 Å². The molecule has 0 bridgehead atoms. The van der Waals surface area contributed by atoms with Crippen LogP contribution in [0.4, 0.5) is 5.13 Å². The highest BCUT2D eigenvalue weighted by Gasteiger charge is 2.32. The summed E-state index contributed by atoms with van der Waals surface area (Å²) in [4.78, 5) is 26.6. The standard InChI is InChI=1S/C17H15ClN4O2S3/c1-2-14-20-21-16(27-14)19-13(23)7-8-22-15(24)12(26-17(22)25)9-10-5-3-4-6-11(10)18/h3-6,9H,2,7-8H2,1H3,(H,19,21,23)/b12-9+. The van der Waals surface area contributed by atoms with Gasteiger partial charge in [-0.1, -0.05) is 72.0 Å². The normalized spacial score (nSPS) is 15.6. The van der Waals surface area contributed by atoms with E-state index in [0.717, 1.165) is 17.0 Å². The number of thiocarbonyl (C=S) groups is 1. The number of anilines is 1. The van der Waals surface area contributed by atoms with Crippen LogP contribution in [0.5, 0.6) is 0 Å². The van der Waals surface area contributed by atoms with Gasteiger partial charge >= 0.3 is 0 Å². The van der Waals surface area contributed by atoms with E-state index in [-0.39, 0.29) is 24.8 Å². The van der Waals surface area contributed by atoms with Gasteiger partial charge in [-0.15, -0.1) is 10.2 Å². The maximum absolute atomic E-state index is 12.6. The van der Waals surface area contributed by atoms with Crippen molar-refractivity contribution in [2.24, 2.45) is 0 Å². The number of nitrogens with one attached hydrogen (secondary N) is 1. The second-order valence-corrected chi connectivity index (χ2v) is 8.65. The first-order valence-electron chi connectivity index (χ1n) is 8.10. The number of carbonyl (C=O) groups excluding carboxylic acids is 2. The Morgan fingerprint density at radius 3 is 2.85 bits per heavy atom. The summed E-state index contributed by atoms with van der Waals surface area (Å²) in [6, 6.07) is 7.26. The molecule has 0 atom stereocenters. The summed E-state index contributed by atoms with van der Waals surface area (Å²) >= 11 is 14.0. The van der Waals surface area contributed by atoms with Gasteiger partial charge in [0.25, 0.3) is 5.91 Å². The van der Waals surface area contributed by atoms with E-state index in [0.29, 0.717) is 19.4 Å². The number of aromatic nitrogens is 2. The van der Waals surface area contributed by atoms with E-state index in [4.69, 9.17) is 23.8 Å². The molecule has 1 aromatic heterocycles. The molecule has 1 aliphatic heterocycles.